The number of rotatable bonds is 7. The quantitative estimate of drug-likeness (QED) is 0.808. The lowest BCUT2D eigenvalue weighted by Gasteiger charge is -2.13. The second-order valence-electron chi connectivity index (χ2n) is 6.02. The number of carboxylic acid groups (broad SMARTS) is 1. The van der Waals surface area contributed by atoms with Crippen LogP contribution in [-0.2, 0) is 22.4 Å². The first-order chi connectivity index (χ1) is 11.5. The Morgan fingerprint density at radius 1 is 1.00 bits per heavy atom. The van der Waals surface area contributed by atoms with Crippen molar-refractivity contribution in [1.82, 2.24) is 0 Å². The summed E-state index contributed by atoms with van der Waals surface area (Å²) in [5.41, 5.74) is 3.84. The first-order valence-electron chi connectivity index (χ1n) is 8.17. The zero-order chi connectivity index (χ0) is 17.5. The minimum atomic E-state index is -0.866. The highest BCUT2D eigenvalue weighted by Crippen LogP contribution is 2.21. The summed E-state index contributed by atoms with van der Waals surface area (Å²) < 4.78 is 0. The van der Waals surface area contributed by atoms with Gasteiger partial charge in [-0.15, -0.1) is 0 Å². The average molecular weight is 325 g/mol. The van der Waals surface area contributed by atoms with Crippen LogP contribution in [0.4, 0.5) is 5.69 Å². The number of carbonyl (C=O) groups is 2. The molecule has 2 aromatic rings. The standard InChI is InChI=1S/C20H23NO3/c1-3-15-4-8-17(9-5-15)14(2)12-19(22)21-18-10-6-16(7-11-18)13-20(23)24/h4-11,14H,3,12-13H2,1-2H3,(H,21,22)(H,23,24). The number of hydrogen-bond acceptors (Lipinski definition) is 2. The van der Waals surface area contributed by atoms with Crippen LogP contribution in [0.25, 0.3) is 0 Å². The molecule has 0 aliphatic carbocycles. The molecule has 4 nitrogen and oxygen atoms in total. The molecule has 24 heavy (non-hydrogen) atoms. The lowest BCUT2D eigenvalue weighted by atomic mass is 9.96. The third-order valence-electron chi connectivity index (χ3n) is 4.04. The fraction of sp³-hybridized carbons (Fsp3) is 0.300. The first-order valence-corrected chi connectivity index (χ1v) is 8.17. The number of nitrogens with one attached hydrogen (secondary N) is 1. The fourth-order valence-corrected chi connectivity index (χ4v) is 2.57. The van der Waals surface area contributed by atoms with Crippen molar-refractivity contribution >= 4 is 17.6 Å². The third kappa shape index (κ3) is 5.23. The maximum atomic E-state index is 12.2. The summed E-state index contributed by atoms with van der Waals surface area (Å²) in [6.07, 6.45) is 1.40. The molecule has 1 amide bonds. The lowest BCUT2D eigenvalue weighted by molar-refractivity contribution is -0.136. The predicted molar refractivity (Wildman–Crippen MR) is 95.3 cm³/mol. The highest BCUT2D eigenvalue weighted by atomic mass is 16.4. The van der Waals surface area contributed by atoms with E-state index in [2.05, 4.69) is 36.5 Å². The van der Waals surface area contributed by atoms with Gasteiger partial charge in [-0.25, -0.2) is 0 Å². The molecule has 2 aromatic carbocycles. The molecule has 0 aromatic heterocycles. The Bertz CT molecular complexity index is 690. The van der Waals surface area contributed by atoms with Crippen molar-refractivity contribution in [3.05, 3.63) is 65.2 Å². The first kappa shape index (κ1) is 17.7. The molecule has 2 N–H and O–H groups in total. The Balaban J connectivity index is 1.90. The maximum Gasteiger partial charge on any atom is 0.307 e. The van der Waals surface area contributed by atoms with E-state index in [1.165, 1.54) is 5.56 Å². The van der Waals surface area contributed by atoms with E-state index in [9.17, 15) is 9.59 Å². The number of aliphatic carboxylic acids is 1. The van der Waals surface area contributed by atoms with Crippen LogP contribution in [0.1, 0.15) is 42.9 Å². The van der Waals surface area contributed by atoms with Crippen molar-refractivity contribution in [2.45, 2.75) is 39.0 Å². The summed E-state index contributed by atoms with van der Waals surface area (Å²) in [5.74, 6) is -0.773. The molecule has 0 fully saturated rings. The van der Waals surface area contributed by atoms with Crippen molar-refractivity contribution in [3.63, 3.8) is 0 Å². The van der Waals surface area contributed by atoms with Gasteiger partial charge >= 0.3 is 5.97 Å². The van der Waals surface area contributed by atoms with E-state index >= 15 is 0 Å². The van der Waals surface area contributed by atoms with E-state index in [1.807, 2.05) is 6.92 Å². The second kappa shape index (κ2) is 8.29. The Hall–Kier alpha value is -2.62. The Labute approximate surface area is 142 Å². The van der Waals surface area contributed by atoms with Gasteiger partial charge in [0.15, 0.2) is 0 Å². The van der Waals surface area contributed by atoms with Crippen LogP contribution < -0.4 is 5.32 Å². The molecule has 0 heterocycles. The van der Waals surface area contributed by atoms with Crippen LogP contribution in [0.15, 0.2) is 48.5 Å². The summed E-state index contributed by atoms with van der Waals surface area (Å²) in [4.78, 5) is 22.8. The highest BCUT2D eigenvalue weighted by Gasteiger charge is 2.11. The summed E-state index contributed by atoms with van der Waals surface area (Å²) in [6.45, 7) is 4.16. The summed E-state index contributed by atoms with van der Waals surface area (Å²) >= 11 is 0. The number of hydrogen-bond donors (Lipinski definition) is 2. The lowest BCUT2D eigenvalue weighted by Crippen LogP contribution is -2.14. The smallest absolute Gasteiger partial charge is 0.307 e. The fourth-order valence-electron chi connectivity index (χ4n) is 2.57. The number of carboxylic acids is 1. The van der Waals surface area contributed by atoms with Gasteiger partial charge in [-0.1, -0.05) is 50.2 Å². The minimum Gasteiger partial charge on any atom is -0.481 e. The van der Waals surface area contributed by atoms with E-state index in [-0.39, 0.29) is 18.2 Å². The van der Waals surface area contributed by atoms with Crippen LogP contribution >= 0.6 is 0 Å². The molecule has 2 rings (SSSR count). The molecular weight excluding hydrogens is 302 g/mol. The van der Waals surface area contributed by atoms with Crippen LogP contribution in [0.2, 0.25) is 0 Å². The molecule has 0 bridgehead atoms. The van der Waals surface area contributed by atoms with Crippen molar-refractivity contribution in [3.8, 4) is 0 Å². The van der Waals surface area contributed by atoms with Crippen LogP contribution in [-0.4, -0.2) is 17.0 Å². The second-order valence-corrected chi connectivity index (χ2v) is 6.02. The van der Waals surface area contributed by atoms with E-state index in [0.29, 0.717) is 17.7 Å². The predicted octanol–water partition coefficient (Wildman–Crippen LogP) is 4.01. The number of anilines is 1. The molecule has 4 heteroatoms. The number of amides is 1. The van der Waals surface area contributed by atoms with Crippen molar-refractivity contribution in [2.24, 2.45) is 0 Å². The highest BCUT2D eigenvalue weighted by molar-refractivity contribution is 5.91. The van der Waals surface area contributed by atoms with Gasteiger partial charge in [0.1, 0.15) is 0 Å². The van der Waals surface area contributed by atoms with E-state index in [0.717, 1.165) is 12.0 Å². The molecule has 1 unspecified atom stereocenters. The minimum absolute atomic E-state index is 0.0149. The monoisotopic (exact) mass is 325 g/mol. The van der Waals surface area contributed by atoms with Gasteiger partial charge in [-0.3, -0.25) is 9.59 Å². The van der Waals surface area contributed by atoms with Crippen LogP contribution in [0, 0.1) is 0 Å². The third-order valence-corrected chi connectivity index (χ3v) is 4.04. The van der Waals surface area contributed by atoms with Gasteiger partial charge in [0, 0.05) is 12.1 Å². The summed E-state index contributed by atoms with van der Waals surface area (Å²) in [5, 5.41) is 11.6. The molecule has 126 valence electrons. The number of benzene rings is 2. The average Bonchev–Trinajstić information content (AvgIpc) is 2.56. The summed E-state index contributed by atoms with van der Waals surface area (Å²) in [7, 11) is 0. The summed E-state index contributed by atoms with van der Waals surface area (Å²) in [6, 6.07) is 15.3. The van der Waals surface area contributed by atoms with Crippen LogP contribution in [0.3, 0.4) is 0 Å². The molecular formula is C20H23NO3. The molecule has 0 saturated heterocycles. The van der Waals surface area contributed by atoms with Crippen molar-refractivity contribution in [1.29, 1.82) is 0 Å². The molecule has 1 atom stereocenters. The molecule has 0 aliphatic heterocycles. The van der Waals surface area contributed by atoms with Gasteiger partial charge in [0.2, 0.25) is 5.91 Å². The largest absolute Gasteiger partial charge is 0.481 e. The van der Waals surface area contributed by atoms with Crippen LogP contribution in [0.5, 0.6) is 0 Å². The Morgan fingerprint density at radius 3 is 2.12 bits per heavy atom. The molecule has 0 aliphatic rings. The zero-order valence-corrected chi connectivity index (χ0v) is 14.1. The van der Waals surface area contributed by atoms with Gasteiger partial charge in [0.25, 0.3) is 0 Å². The van der Waals surface area contributed by atoms with Crippen molar-refractivity contribution in [2.75, 3.05) is 5.32 Å². The molecule has 0 radical (unpaired) electrons. The van der Waals surface area contributed by atoms with Gasteiger partial charge in [0.05, 0.1) is 6.42 Å². The van der Waals surface area contributed by atoms with Gasteiger partial charge < -0.3 is 10.4 Å². The Morgan fingerprint density at radius 2 is 1.58 bits per heavy atom. The van der Waals surface area contributed by atoms with Gasteiger partial charge in [-0.2, -0.15) is 0 Å². The normalized spacial score (nSPS) is 11.8. The number of carbonyl (C=O) groups excluding carboxylic acids is 1. The van der Waals surface area contributed by atoms with Gasteiger partial charge in [-0.05, 0) is 41.2 Å². The topological polar surface area (TPSA) is 66.4 Å². The SMILES string of the molecule is CCc1ccc(C(C)CC(=O)Nc2ccc(CC(=O)O)cc2)cc1. The van der Waals surface area contributed by atoms with E-state index < -0.39 is 5.97 Å². The maximum absolute atomic E-state index is 12.2. The van der Waals surface area contributed by atoms with Crippen molar-refractivity contribution < 1.29 is 14.7 Å². The molecule has 0 spiro atoms. The zero-order valence-electron chi connectivity index (χ0n) is 14.1. The van der Waals surface area contributed by atoms with E-state index in [4.69, 9.17) is 5.11 Å². The number of aryl methyl sites for hydroxylation is 1. The Kier molecular flexibility index (Phi) is 6.13. The van der Waals surface area contributed by atoms with E-state index in [1.54, 1.807) is 24.3 Å². The molecule has 0 saturated carbocycles.